The van der Waals surface area contributed by atoms with E-state index in [2.05, 4.69) is 0 Å². The lowest BCUT2D eigenvalue weighted by Gasteiger charge is -2.30. The molecular formula is C22H22F3NO. The highest BCUT2D eigenvalue weighted by atomic mass is 19.4. The standard InChI is InChI=1S/C22H22F3NO/c1-16(20-13-5-10-18-9-2-3-12-21(18)20)26(27)14-6-8-17-7-4-11-19(15-17)22(23,24)25/h2-5,7,9-13,15-16,26H,6,8,14H2,1H3/t16-/m1/s1. The van der Waals surface area contributed by atoms with E-state index in [1.807, 2.05) is 49.4 Å². The zero-order valence-electron chi connectivity index (χ0n) is 15.1. The van der Waals surface area contributed by atoms with E-state index >= 15 is 0 Å². The Morgan fingerprint density at radius 2 is 1.67 bits per heavy atom. The van der Waals surface area contributed by atoms with Crippen molar-refractivity contribution < 1.29 is 18.2 Å². The van der Waals surface area contributed by atoms with E-state index < -0.39 is 11.7 Å². The minimum Gasteiger partial charge on any atom is -0.634 e. The monoisotopic (exact) mass is 373 g/mol. The summed E-state index contributed by atoms with van der Waals surface area (Å²) in [6, 6.07) is 19.0. The molecule has 0 aliphatic heterocycles. The molecule has 27 heavy (non-hydrogen) atoms. The average Bonchev–Trinajstić information content (AvgIpc) is 2.66. The number of alkyl halides is 3. The van der Waals surface area contributed by atoms with Crippen molar-refractivity contribution in [1.29, 1.82) is 0 Å². The van der Waals surface area contributed by atoms with Gasteiger partial charge in [0.05, 0.1) is 12.1 Å². The number of hydrogen-bond acceptors (Lipinski definition) is 1. The molecular weight excluding hydrogens is 351 g/mol. The van der Waals surface area contributed by atoms with Crippen LogP contribution in [0.15, 0.2) is 66.7 Å². The van der Waals surface area contributed by atoms with E-state index in [9.17, 15) is 18.4 Å². The van der Waals surface area contributed by atoms with Gasteiger partial charge < -0.3 is 10.3 Å². The van der Waals surface area contributed by atoms with Gasteiger partial charge in [0.2, 0.25) is 0 Å². The molecule has 1 unspecified atom stereocenters. The second-order valence-electron chi connectivity index (χ2n) is 6.81. The summed E-state index contributed by atoms with van der Waals surface area (Å²) in [5, 5.41) is 14.9. The Morgan fingerprint density at radius 3 is 2.44 bits per heavy atom. The van der Waals surface area contributed by atoms with E-state index in [1.54, 1.807) is 6.07 Å². The molecule has 0 amide bonds. The molecule has 0 fully saturated rings. The Hall–Kier alpha value is -2.37. The topological polar surface area (TPSA) is 27.5 Å². The molecule has 142 valence electrons. The highest BCUT2D eigenvalue weighted by Gasteiger charge is 2.30. The molecule has 5 heteroatoms. The molecule has 0 heterocycles. The average molecular weight is 373 g/mol. The van der Waals surface area contributed by atoms with Crippen LogP contribution in [0.4, 0.5) is 13.2 Å². The summed E-state index contributed by atoms with van der Waals surface area (Å²) in [6.07, 6.45) is -3.35. The molecule has 0 saturated carbocycles. The maximum absolute atomic E-state index is 12.8. The predicted molar refractivity (Wildman–Crippen MR) is 101 cm³/mol. The molecule has 0 aliphatic carbocycles. The Balaban J connectivity index is 1.63. The Kier molecular flexibility index (Phi) is 5.82. The zero-order valence-corrected chi connectivity index (χ0v) is 15.1. The number of aryl methyl sites for hydroxylation is 1. The summed E-state index contributed by atoms with van der Waals surface area (Å²) >= 11 is 0. The van der Waals surface area contributed by atoms with Crippen LogP contribution in [0.3, 0.4) is 0 Å². The second-order valence-corrected chi connectivity index (χ2v) is 6.81. The third-order valence-corrected chi connectivity index (χ3v) is 4.92. The lowest BCUT2D eigenvalue weighted by atomic mass is 9.99. The minimum absolute atomic E-state index is 0.110. The van der Waals surface area contributed by atoms with E-state index in [0.717, 1.165) is 22.4 Å². The molecule has 0 saturated heterocycles. The van der Waals surface area contributed by atoms with Crippen molar-refractivity contribution in [2.75, 3.05) is 6.54 Å². The zero-order chi connectivity index (χ0) is 19.4. The molecule has 0 bridgehead atoms. The van der Waals surface area contributed by atoms with Gasteiger partial charge in [0, 0.05) is 12.0 Å². The summed E-state index contributed by atoms with van der Waals surface area (Å²) in [7, 11) is 0. The SMILES string of the molecule is C[C@H](c1cccc2ccccc12)[NH+]([O-])CCCc1cccc(C(F)(F)F)c1. The number of hydrogen-bond donors (Lipinski definition) is 1. The lowest BCUT2D eigenvalue weighted by molar-refractivity contribution is -0.879. The molecule has 2 nitrogen and oxygen atoms in total. The molecule has 1 N–H and O–H groups in total. The maximum atomic E-state index is 12.8. The summed E-state index contributed by atoms with van der Waals surface area (Å²) in [6.45, 7) is 2.25. The lowest BCUT2D eigenvalue weighted by Crippen LogP contribution is -3.07. The number of quaternary nitrogens is 1. The Bertz CT molecular complexity index is 902. The van der Waals surface area contributed by atoms with Gasteiger partial charge in [0.1, 0.15) is 6.04 Å². The van der Waals surface area contributed by atoms with Crippen LogP contribution in [0.1, 0.15) is 36.1 Å². The Morgan fingerprint density at radius 1 is 0.963 bits per heavy atom. The van der Waals surface area contributed by atoms with Crippen molar-refractivity contribution in [2.45, 2.75) is 32.0 Å². The largest absolute Gasteiger partial charge is 0.634 e. The van der Waals surface area contributed by atoms with Gasteiger partial charge in [-0.15, -0.1) is 0 Å². The quantitative estimate of drug-likeness (QED) is 0.609. The van der Waals surface area contributed by atoms with Crippen LogP contribution in [-0.2, 0) is 12.6 Å². The molecule has 3 rings (SSSR count). The first-order chi connectivity index (χ1) is 12.9. The molecule has 2 atom stereocenters. The highest BCUT2D eigenvalue weighted by molar-refractivity contribution is 5.85. The van der Waals surface area contributed by atoms with Crippen LogP contribution in [-0.4, -0.2) is 6.54 Å². The van der Waals surface area contributed by atoms with Gasteiger partial charge in [0.25, 0.3) is 0 Å². The van der Waals surface area contributed by atoms with Gasteiger partial charge in [-0.05, 0) is 35.7 Å². The van der Waals surface area contributed by atoms with Crippen molar-refractivity contribution in [3.8, 4) is 0 Å². The third-order valence-electron chi connectivity index (χ3n) is 4.92. The maximum Gasteiger partial charge on any atom is 0.416 e. The fraction of sp³-hybridized carbons (Fsp3) is 0.273. The number of nitrogens with one attached hydrogen (secondary N) is 1. The van der Waals surface area contributed by atoms with Crippen molar-refractivity contribution in [3.63, 3.8) is 0 Å². The predicted octanol–water partition coefficient (Wildman–Crippen LogP) is 4.94. The first kappa shape index (κ1) is 19.4. The second kappa shape index (κ2) is 8.11. The van der Waals surface area contributed by atoms with Gasteiger partial charge in [-0.3, -0.25) is 0 Å². The minimum atomic E-state index is -4.34. The Labute approximate surface area is 156 Å². The summed E-state index contributed by atoms with van der Waals surface area (Å²) in [5.74, 6) is 0. The van der Waals surface area contributed by atoms with Crippen LogP contribution in [0.5, 0.6) is 0 Å². The van der Waals surface area contributed by atoms with Crippen LogP contribution < -0.4 is 5.06 Å². The van der Waals surface area contributed by atoms with Crippen molar-refractivity contribution in [1.82, 2.24) is 0 Å². The number of benzene rings is 3. The molecule has 0 radical (unpaired) electrons. The van der Waals surface area contributed by atoms with Crippen LogP contribution >= 0.6 is 0 Å². The van der Waals surface area contributed by atoms with Crippen molar-refractivity contribution in [3.05, 3.63) is 88.6 Å². The van der Waals surface area contributed by atoms with E-state index in [0.29, 0.717) is 24.9 Å². The number of fused-ring (bicyclic) bond motifs is 1. The van der Waals surface area contributed by atoms with Crippen molar-refractivity contribution in [2.24, 2.45) is 0 Å². The van der Waals surface area contributed by atoms with E-state index in [1.165, 1.54) is 12.1 Å². The first-order valence-electron chi connectivity index (χ1n) is 9.03. The van der Waals surface area contributed by atoms with Crippen LogP contribution in [0, 0.1) is 5.21 Å². The smallest absolute Gasteiger partial charge is 0.416 e. The molecule has 0 aromatic heterocycles. The first-order valence-corrected chi connectivity index (χ1v) is 9.03. The van der Waals surface area contributed by atoms with Crippen LogP contribution in [0.25, 0.3) is 10.8 Å². The molecule has 0 spiro atoms. The normalized spacial score (nSPS) is 14.3. The molecule has 3 aromatic carbocycles. The highest BCUT2D eigenvalue weighted by Crippen LogP contribution is 2.29. The fourth-order valence-corrected chi connectivity index (χ4v) is 3.39. The number of halogens is 3. The summed E-state index contributed by atoms with van der Waals surface area (Å²) < 4.78 is 38.4. The van der Waals surface area contributed by atoms with E-state index in [-0.39, 0.29) is 11.1 Å². The summed E-state index contributed by atoms with van der Waals surface area (Å²) in [4.78, 5) is 0. The fourth-order valence-electron chi connectivity index (χ4n) is 3.39. The van der Waals surface area contributed by atoms with Gasteiger partial charge in [-0.25, -0.2) is 0 Å². The van der Waals surface area contributed by atoms with Crippen LogP contribution in [0.2, 0.25) is 0 Å². The van der Waals surface area contributed by atoms with E-state index in [4.69, 9.17) is 0 Å². The van der Waals surface area contributed by atoms with Gasteiger partial charge >= 0.3 is 6.18 Å². The molecule has 3 aromatic rings. The summed E-state index contributed by atoms with van der Waals surface area (Å²) in [5.41, 5.74) is 0.961. The third kappa shape index (κ3) is 4.67. The van der Waals surface area contributed by atoms with Gasteiger partial charge in [-0.2, -0.15) is 13.2 Å². The number of rotatable bonds is 6. The van der Waals surface area contributed by atoms with Crippen molar-refractivity contribution >= 4 is 10.8 Å². The van der Waals surface area contributed by atoms with Gasteiger partial charge in [-0.1, -0.05) is 60.7 Å². The molecule has 0 aliphatic rings. The van der Waals surface area contributed by atoms with Gasteiger partial charge in [0.15, 0.2) is 0 Å². The number of hydroxylamine groups is 2.